The van der Waals surface area contributed by atoms with Crippen LogP contribution in [0.4, 0.5) is 11.6 Å². The Morgan fingerprint density at radius 2 is 2.17 bits per heavy atom. The lowest BCUT2D eigenvalue weighted by atomic mass is 10.0. The van der Waals surface area contributed by atoms with Crippen LogP contribution in [0.2, 0.25) is 0 Å². The molecule has 1 aliphatic heterocycles. The van der Waals surface area contributed by atoms with E-state index in [1.165, 1.54) is 19.2 Å². The Kier molecular flexibility index (Phi) is 4.22. The maximum atomic E-state index is 12.7. The molecule has 0 bridgehead atoms. The van der Waals surface area contributed by atoms with Gasteiger partial charge in [0.15, 0.2) is 11.4 Å². The molecule has 9 nitrogen and oxygen atoms in total. The summed E-state index contributed by atoms with van der Waals surface area (Å²) in [5.41, 5.74) is -1.23. The zero-order chi connectivity index (χ0) is 17.4. The molecule has 1 aromatic rings. The summed E-state index contributed by atoms with van der Waals surface area (Å²) in [5.74, 6) is -1.44. The molecule has 124 valence electrons. The van der Waals surface area contributed by atoms with Crippen LogP contribution in [-0.2, 0) is 14.3 Å². The summed E-state index contributed by atoms with van der Waals surface area (Å²) in [6, 6.07) is 1.61. The van der Waals surface area contributed by atoms with Gasteiger partial charge in [0.2, 0.25) is 0 Å². The molecule has 0 saturated heterocycles. The number of aromatic nitrogens is 1. The van der Waals surface area contributed by atoms with Crippen LogP contribution in [0.1, 0.15) is 27.2 Å². The second-order valence-corrected chi connectivity index (χ2v) is 5.48. The number of rotatable bonds is 4. The minimum Gasteiger partial charge on any atom is -0.472 e. The Balaban J connectivity index is 2.64. The van der Waals surface area contributed by atoms with Crippen molar-refractivity contribution in [1.29, 1.82) is 0 Å². The van der Waals surface area contributed by atoms with E-state index in [0.717, 1.165) is 4.90 Å². The number of carbonyl (C=O) groups excluding carboxylic acids is 2. The number of nitrogens with zero attached hydrogens (tertiary/aromatic N) is 3. The van der Waals surface area contributed by atoms with Gasteiger partial charge in [-0.25, -0.2) is 4.79 Å². The van der Waals surface area contributed by atoms with Crippen LogP contribution in [0, 0.1) is 10.1 Å². The third-order valence-electron chi connectivity index (χ3n) is 3.51. The van der Waals surface area contributed by atoms with Gasteiger partial charge in [0.05, 0.1) is 7.11 Å². The minimum absolute atomic E-state index is 0.0548. The quantitative estimate of drug-likeness (QED) is 0.468. The number of carbonyl (C=O) groups is 2. The van der Waals surface area contributed by atoms with Crippen molar-refractivity contribution in [3.05, 3.63) is 22.2 Å². The highest BCUT2D eigenvalue weighted by Gasteiger charge is 2.48. The number of methoxy groups -OCH3 is 1. The fraction of sp³-hybridized carbons (Fsp3) is 0.500. The lowest BCUT2D eigenvalue weighted by Crippen LogP contribution is -2.58. The van der Waals surface area contributed by atoms with E-state index in [2.05, 4.69) is 4.98 Å². The van der Waals surface area contributed by atoms with Gasteiger partial charge in [-0.15, -0.1) is 0 Å². The molecular formula is C14H17N3O6. The van der Waals surface area contributed by atoms with Crippen LogP contribution in [0.3, 0.4) is 0 Å². The highest BCUT2D eigenvalue weighted by atomic mass is 16.6. The fourth-order valence-corrected chi connectivity index (χ4v) is 2.36. The van der Waals surface area contributed by atoms with Crippen molar-refractivity contribution in [1.82, 2.24) is 4.98 Å². The topological polar surface area (TPSA) is 112 Å². The normalized spacial score (nSPS) is 17.0. The predicted molar refractivity (Wildman–Crippen MR) is 79.2 cm³/mol. The lowest BCUT2D eigenvalue weighted by molar-refractivity contribution is -0.389. The van der Waals surface area contributed by atoms with Gasteiger partial charge < -0.3 is 19.6 Å². The Hall–Kier alpha value is -2.71. The standard InChI is InChI=1S/C14H17N3O6/c1-5-8(12(18)22-4)16-11-9(23-14(2,3)13(16)19)6-7-10(15-11)17(20)21/h6-8H,5H2,1-4H3. The molecule has 1 aromatic heterocycles. The Labute approximate surface area is 132 Å². The molecule has 9 heteroatoms. The average Bonchev–Trinajstić information content (AvgIpc) is 2.50. The molecule has 0 radical (unpaired) electrons. The molecule has 0 N–H and O–H groups in total. The number of anilines is 1. The number of pyridine rings is 1. The molecule has 2 rings (SSSR count). The number of amides is 1. The van der Waals surface area contributed by atoms with Crippen molar-refractivity contribution in [3.63, 3.8) is 0 Å². The SMILES string of the molecule is CCC(C(=O)OC)N1C(=O)C(C)(C)Oc2ccc([N+](=O)[O-])nc21. The van der Waals surface area contributed by atoms with Crippen LogP contribution in [-0.4, -0.2) is 40.5 Å². The molecule has 0 aromatic carbocycles. The first-order chi connectivity index (χ1) is 10.7. The number of nitro groups is 1. The van der Waals surface area contributed by atoms with Gasteiger partial charge in [-0.2, -0.15) is 0 Å². The lowest BCUT2D eigenvalue weighted by Gasteiger charge is -2.38. The zero-order valence-electron chi connectivity index (χ0n) is 13.2. The van der Waals surface area contributed by atoms with E-state index >= 15 is 0 Å². The molecule has 0 aliphatic carbocycles. The Bertz CT molecular complexity index is 672. The molecule has 1 aliphatic rings. The Morgan fingerprint density at radius 1 is 1.52 bits per heavy atom. The molecule has 1 unspecified atom stereocenters. The maximum Gasteiger partial charge on any atom is 0.366 e. The molecule has 0 saturated carbocycles. The van der Waals surface area contributed by atoms with E-state index in [0.29, 0.717) is 0 Å². The van der Waals surface area contributed by atoms with Crippen molar-refractivity contribution in [2.24, 2.45) is 0 Å². The maximum absolute atomic E-state index is 12.7. The number of hydrogen-bond acceptors (Lipinski definition) is 7. The van der Waals surface area contributed by atoms with E-state index in [9.17, 15) is 19.7 Å². The van der Waals surface area contributed by atoms with Crippen LogP contribution in [0.15, 0.2) is 12.1 Å². The summed E-state index contributed by atoms with van der Waals surface area (Å²) in [6.07, 6.45) is 0.262. The van der Waals surface area contributed by atoms with Gasteiger partial charge >= 0.3 is 11.8 Å². The van der Waals surface area contributed by atoms with Crippen molar-refractivity contribution >= 4 is 23.5 Å². The summed E-state index contributed by atoms with van der Waals surface area (Å²) < 4.78 is 10.3. The van der Waals surface area contributed by atoms with Gasteiger partial charge in [0, 0.05) is 6.07 Å². The summed E-state index contributed by atoms with van der Waals surface area (Å²) in [5, 5.41) is 10.9. The van der Waals surface area contributed by atoms with Crippen molar-refractivity contribution in [2.45, 2.75) is 38.8 Å². The number of esters is 1. The molecule has 0 fully saturated rings. The van der Waals surface area contributed by atoms with Crippen LogP contribution >= 0.6 is 0 Å². The molecule has 1 atom stereocenters. The minimum atomic E-state index is -1.23. The summed E-state index contributed by atoms with van der Waals surface area (Å²) >= 11 is 0. The number of fused-ring (bicyclic) bond motifs is 1. The van der Waals surface area contributed by atoms with Gasteiger partial charge in [0.1, 0.15) is 6.04 Å². The van der Waals surface area contributed by atoms with Crippen LogP contribution in [0.25, 0.3) is 0 Å². The summed E-state index contributed by atoms with van der Waals surface area (Å²) in [7, 11) is 1.21. The summed E-state index contributed by atoms with van der Waals surface area (Å²) in [4.78, 5) is 40.0. The Morgan fingerprint density at radius 3 is 2.70 bits per heavy atom. The molecule has 0 spiro atoms. The smallest absolute Gasteiger partial charge is 0.366 e. The van der Waals surface area contributed by atoms with E-state index < -0.39 is 34.3 Å². The van der Waals surface area contributed by atoms with Gasteiger partial charge in [-0.1, -0.05) is 6.92 Å². The van der Waals surface area contributed by atoms with E-state index in [1.807, 2.05) is 0 Å². The van der Waals surface area contributed by atoms with Gasteiger partial charge in [-0.3, -0.25) is 9.69 Å². The monoisotopic (exact) mass is 323 g/mol. The molecule has 2 heterocycles. The first kappa shape index (κ1) is 16.7. The second kappa shape index (κ2) is 5.82. The highest BCUT2D eigenvalue weighted by molar-refractivity contribution is 6.05. The van der Waals surface area contributed by atoms with E-state index in [-0.39, 0.29) is 18.0 Å². The summed E-state index contributed by atoms with van der Waals surface area (Å²) in [6.45, 7) is 4.81. The average molecular weight is 323 g/mol. The van der Waals surface area contributed by atoms with Crippen molar-refractivity contribution in [3.8, 4) is 5.75 Å². The van der Waals surface area contributed by atoms with Crippen LogP contribution in [0.5, 0.6) is 5.75 Å². The van der Waals surface area contributed by atoms with Crippen molar-refractivity contribution < 1.29 is 24.0 Å². The largest absolute Gasteiger partial charge is 0.472 e. The third-order valence-corrected chi connectivity index (χ3v) is 3.51. The molecule has 23 heavy (non-hydrogen) atoms. The third kappa shape index (κ3) is 2.81. The number of hydrogen-bond donors (Lipinski definition) is 0. The van der Waals surface area contributed by atoms with Gasteiger partial charge in [-0.05, 0) is 36.2 Å². The van der Waals surface area contributed by atoms with Gasteiger partial charge in [0.25, 0.3) is 11.7 Å². The van der Waals surface area contributed by atoms with E-state index in [4.69, 9.17) is 9.47 Å². The fourth-order valence-electron chi connectivity index (χ4n) is 2.36. The first-order valence-electron chi connectivity index (χ1n) is 6.98. The first-order valence-corrected chi connectivity index (χ1v) is 6.98. The highest BCUT2D eigenvalue weighted by Crippen LogP contribution is 2.39. The second-order valence-electron chi connectivity index (χ2n) is 5.48. The van der Waals surface area contributed by atoms with E-state index in [1.54, 1.807) is 20.8 Å². The van der Waals surface area contributed by atoms with Crippen molar-refractivity contribution in [2.75, 3.05) is 12.0 Å². The molecule has 1 amide bonds. The predicted octanol–water partition coefficient (Wildman–Crippen LogP) is 1.45. The number of ether oxygens (including phenoxy) is 2. The van der Waals surface area contributed by atoms with Crippen LogP contribution < -0.4 is 9.64 Å². The molecular weight excluding hydrogens is 306 g/mol. The zero-order valence-corrected chi connectivity index (χ0v) is 13.2.